The van der Waals surface area contributed by atoms with Crippen molar-refractivity contribution in [3.63, 3.8) is 0 Å². The molecule has 4 heteroatoms. The van der Waals surface area contributed by atoms with Crippen LogP contribution >= 0.6 is 31.9 Å². The molecule has 0 aromatic heterocycles. The van der Waals surface area contributed by atoms with Gasteiger partial charge < -0.3 is 5.32 Å². The predicted molar refractivity (Wildman–Crippen MR) is 90.1 cm³/mol. The van der Waals surface area contributed by atoms with Gasteiger partial charge in [-0.05, 0) is 42.4 Å². The quantitative estimate of drug-likeness (QED) is 0.730. The lowest BCUT2D eigenvalue weighted by Gasteiger charge is -2.30. The molecule has 1 aromatic rings. The molecule has 0 aliphatic heterocycles. The third-order valence-electron chi connectivity index (χ3n) is 4.10. The van der Waals surface area contributed by atoms with Crippen LogP contribution in [-0.2, 0) is 11.2 Å². The zero-order valence-corrected chi connectivity index (χ0v) is 14.8. The fourth-order valence-corrected chi connectivity index (χ4v) is 3.97. The van der Waals surface area contributed by atoms with E-state index in [9.17, 15) is 4.79 Å². The Morgan fingerprint density at radius 1 is 1.15 bits per heavy atom. The second-order valence-electron chi connectivity index (χ2n) is 5.57. The van der Waals surface area contributed by atoms with E-state index in [1.807, 2.05) is 24.3 Å². The Morgan fingerprint density at radius 3 is 2.45 bits per heavy atom. The van der Waals surface area contributed by atoms with Crippen molar-refractivity contribution in [3.05, 3.63) is 34.3 Å². The summed E-state index contributed by atoms with van der Waals surface area (Å²) in [5.41, 5.74) is 1.06. The summed E-state index contributed by atoms with van der Waals surface area (Å²) in [6.45, 7) is 0.825. The number of amides is 1. The monoisotopic (exact) mass is 401 g/mol. The van der Waals surface area contributed by atoms with Crippen LogP contribution in [0.5, 0.6) is 0 Å². The highest BCUT2D eigenvalue weighted by Crippen LogP contribution is 2.30. The van der Waals surface area contributed by atoms with E-state index in [-0.39, 0.29) is 5.91 Å². The maximum absolute atomic E-state index is 12.0. The minimum absolute atomic E-state index is 0.131. The van der Waals surface area contributed by atoms with Crippen molar-refractivity contribution in [2.75, 3.05) is 11.9 Å². The summed E-state index contributed by atoms with van der Waals surface area (Å²) in [6.07, 6.45) is 5.64. The first-order valence-corrected chi connectivity index (χ1v) is 9.17. The SMILES string of the molecule is O=C(Cc1ccc(Br)cc1)NCC1CCCCC1CBr. The predicted octanol–water partition coefficient (Wildman–Crippen LogP) is 4.31. The van der Waals surface area contributed by atoms with Gasteiger partial charge in [0.1, 0.15) is 0 Å². The lowest BCUT2D eigenvalue weighted by molar-refractivity contribution is -0.120. The van der Waals surface area contributed by atoms with Crippen molar-refractivity contribution < 1.29 is 4.79 Å². The Kier molecular flexibility index (Phi) is 6.56. The van der Waals surface area contributed by atoms with E-state index in [1.54, 1.807) is 0 Å². The highest BCUT2D eigenvalue weighted by atomic mass is 79.9. The van der Waals surface area contributed by atoms with Gasteiger partial charge in [0.2, 0.25) is 5.91 Å². The maximum Gasteiger partial charge on any atom is 0.224 e. The molecule has 1 aliphatic carbocycles. The Morgan fingerprint density at radius 2 is 1.80 bits per heavy atom. The second-order valence-corrected chi connectivity index (χ2v) is 7.13. The Bertz CT molecular complexity index is 433. The number of rotatable bonds is 5. The summed E-state index contributed by atoms with van der Waals surface area (Å²) in [5.74, 6) is 1.49. The van der Waals surface area contributed by atoms with Gasteiger partial charge in [0.15, 0.2) is 0 Å². The molecule has 0 bridgehead atoms. The number of carbonyl (C=O) groups excluding carboxylic acids is 1. The molecule has 0 spiro atoms. The standard InChI is InChI=1S/C16H21Br2NO/c17-10-13-3-1-2-4-14(13)11-19-16(20)9-12-5-7-15(18)8-6-12/h5-8,13-14H,1-4,9-11H2,(H,19,20). The lowest BCUT2D eigenvalue weighted by Crippen LogP contribution is -2.35. The van der Waals surface area contributed by atoms with E-state index < -0.39 is 0 Å². The van der Waals surface area contributed by atoms with E-state index >= 15 is 0 Å². The molecule has 2 nitrogen and oxygen atoms in total. The molecule has 2 atom stereocenters. The van der Waals surface area contributed by atoms with Crippen LogP contribution in [0, 0.1) is 11.8 Å². The fourth-order valence-electron chi connectivity index (χ4n) is 2.85. The van der Waals surface area contributed by atoms with Crippen LogP contribution in [0.25, 0.3) is 0 Å². The Balaban J connectivity index is 1.78. The van der Waals surface area contributed by atoms with Crippen LogP contribution in [0.15, 0.2) is 28.7 Å². The number of alkyl halides is 1. The largest absolute Gasteiger partial charge is 0.356 e. The summed E-state index contributed by atoms with van der Waals surface area (Å²) in [5, 5.41) is 4.16. The number of hydrogen-bond donors (Lipinski definition) is 1. The first-order chi connectivity index (χ1) is 9.69. The summed E-state index contributed by atoms with van der Waals surface area (Å²) < 4.78 is 1.05. The van der Waals surface area contributed by atoms with Crippen molar-refractivity contribution >= 4 is 37.8 Å². The molecule has 1 amide bonds. The van der Waals surface area contributed by atoms with E-state index in [2.05, 4.69) is 37.2 Å². The van der Waals surface area contributed by atoms with Crippen LogP contribution in [0.4, 0.5) is 0 Å². The van der Waals surface area contributed by atoms with Crippen molar-refractivity contribution in [3.8, 4) is 0 Å². The molecule has 1 fully saturated rings. The molecular formula is C16H21Br2NO. The molecule has 0 saturated heterocycles. The fraction of sp³-hybridized carbons (Fsp3) is 0.562. The van der Waals surface area contributed by atoms with E-state index in [0.29, 0.717) is 12.3 Å². The van der Waals surface area contributed by atoms with Gasteiger partial charge in [0, 0.05) is 16.3 Å². The van der Waals surface area contributed by atoms with Gasteiger partial charge in [0.25, 0.3) is 0 Å². The van der Waals surface area contributed by atoms with Gasteiger partial charge in [-0.3, -0.25) is 4.79 Å². The van der Waals surface area contributed by atoms with Gasteiger partial charge in [-0.2, -0.15) is 0 Å². The third-order valence-corrected chi connectivity index (χ3v) is 5.46. The topological polar surface area (TPSA) is 29.1 Å². The van der Waals surface area contributed by atoms with Crippen molar-refractivity contribution in [2.45, 2.75) is 32.1 Å². The molecule has 110 valence electrons. The summed E-state index contributed by atoms with van der Waals surface area (Å²) in [7, 11) is 0. The average Bonchev–Trinajstić information content (AvgIpc) is 2.48. The maximum atomic E-state index is 12.0. The molecule has 1 aromatic carbocycles. The number of hydrogen-bond acceptors (Lipinski definition) is 1. The number of halogens is 2. The van der Waals surface area contributed by atoms with Crippen LogP contribution in [-0.4, -0.2) is 17.8 Å². The first-order valence-electron chi connectivity index (χ1n) is 7.26. The summed E-state index contributed by atoms with van der Waals surface area (Å²) in [6, 6.07) is 7.94. The molecular weight excluding hydrogens is 382 g/mol. The van der Waals surface area contributed by atoms with Crippen molar-refractivity contribution in [1.82, 2.24) is 5.32 Å². The smallest absolute Gasteiger partial charge is 0.224 e. The minimum atomic E-state index is 0.131. The normalized spacial score (nSPS) is 22.5. The number of nitrogens with one attached hydrogen (secondary N) is 1. The molecule has 20 heavy (non-hydrogen) atoms. The van der Waals surface area contributed by atoms with Gasteiger partial charge >= 0.3 is 0 Å². The van der Waals surface area contributed by atoms with Gasteiger partial charge in [0.05, 0.1) is 6.42 Å². The average molecular weight is 403 g/mol. The number of carbonyl (C=O) groups is 1. The molecule has 1 aliphatic rings. The molecule has 1 saturated carbocycles. The van der Waals surface area contributed by atoms with Crippen molar-refractivity contribution in [2.24, 2.45) is 11.8 Å². The highest BCUT2D eigenvalue weighted by Gasteiger charge is 2.24. The van der Waals surface area contributed by atoms with Crippen LogP contribution in [0.2, 0.25) is 0 Å². The highest BCUT2D eigenvalue weighted by molar-refractivity contribution is 9.10. The number of benzene rings is 1. The van der Waals surface area contributed by atoms with Crippen molar-refractivity contribution in [1.29, 1.82) is 0 Å². The molecule has 0 radical (unpaired) electrons. The van der Waals surface area contributed by atoms with Crippen LogP contribution in [0.1, 0.15) is 31.2 Å². The molecule has 1 N–H and O–H groups in total. The molecule has 2 unspecified atom stereocenters. The zero-order chi connectivity index (χ0) is 14.4. The Hall–Kier alpha value is -0.350. The first kappa shape index (κ1) is 16.0. The second kappa shape index (κ2) is 8.18. The molecule has 2 rings (SSSR count). The third kappa shape index (κ3) is 4.88. The minimum Gasteiger partial charge on any atom is -0.356 e. The van der Waals surface area contributed by atoms with Gasteiger partial charge in [-0.15, -0.1) is 0 Å². The van der Waals surface area contributed by atoms with Crippen LogP contribution < -0.4 is 5.32 Å². The molecule has 0 heterocycles. The van der Waals surface area contributed by atoms with E-state index in [0.717, 1.165) is 27.8 Å². The van der Waals surface area contributed by atoms with Gasteiger partial charge in [-0.1, -0.05) is 56.8 Å². The van der Waals surface area contributed by atoms with E-state index in [4.69, 9.17) is 0 Å². The zero-order valence-electron chi connectivity index (χ0n) is 11.6. The summed E-state index contributed by atoms with van der Waals surface area (Å²) >= 11 is 7.01. The van der Waals surface area contributed by atoms with E-state index in [1.165, 1.54) is 25.7 Å². The summed E-state index contributed by atoms with van der Waals surface area (Å²) in [4.78, 5) is 12.0. The lowest BCUT2D eigenvalue weighted by atomic mass is 9.80. The van der Waals surface area contributed by atoms with Gasteiger partial charge in [-0.25, -0.2) is 0 Å². The van der Waals surface area contributed by atoms with Crippen LogP contribution in [0.3, 0.4) is 0 Å². The Labute approximate surface area is 138 Å².